The van der Waals surface area contributed by atoms with Crippen molar-refractivity contribution in [3.63, 3.8) is 0 Å². The lowest BCUT2D eigenvalue weighted by Gasteiger charge is -2.28. The molecule has 4 nitrogen and oxygen atoms in total. The van der Waals surface area contributed by atoms with Crippen LogP contribution in [-0.2, 0) is 6.54 Å². The van der Waals surface area contributed by atoms with E-state index in [1.54, 1.807) is 0 Å². The van der Waals surface area contributed by atoms with Crippen LogP contribution < -0.4 is 5.32 Å². The van der Waals surface area contributed by atoms with Crippen molar-refractivity contribution in [2.45, 2.75) is 58.5 Å². The van der Waals surface area contributed by atoms with E-state index in [1.807, 2.05) is 23.9 Å². The average molecular weight is 253 g/mol. The van der Waals surface area contributed by atoms with Crippen LogP contribution in [0, 0.1) is 6.92 Å². The van der Waals surface area contributed by atoms with Gasteiger partial charge in [-0.2, -0.15) is 5.10 Å². The maximum atomic E-state index is 9.45. The number of unbranched alkanes of at least 4 members (excludes halogenated alkanes) is 1. The van der Waals surface area contributed by atoms with Gasteiger partial charge in [0.1, 0.15) is 0 Å². The van der Waals surface area contributed by atoms with E-state index in [0.717, 1.165) is 44.5 Å². The highest BCUT2D eigenvalue weighted by molar-refractivity contribution is 4.94. The first-order valence-electron chi connectivity index (χ1n) is 6.95. The molecule has 104 valence electrons. The van der Waals surface area contributed by atoms with Crippen molar-refractivity contribution in [3.8, 4) is 0 Å². The molecule has 18 heavy (non-hydrogen) atoms. The Morgan fingerprint density at radius 2 is 2.22 bits per heavy atom. The Bertz CT molecular complexity index is 338. The first-order valence-corrected chi connectivity index (χ1v) is 6.95. The van der Waals surface area contributed by atoms with Gasteiger partial charge in [0.25, 0.3) is 0 Å². The summed E-state index contributed by atoms with van der Waals surface area (Å²) in [6.45, 7) is 8.38. The SMILES string of the molecule is CCCNC(C)(CO)CCCCn1ccc(C)n1. The Hall–Kier alpha value is -0.870. The van der Waals surface area contributed by atoms with Gasteiger partial charge in [0.2, 0.25) is 0 Å². The van der Waals surface area contributed by atoms with Gasteiger partial charge in [-0.05, 0) is 52.1 Å². The minimum absolute atomic E-state index is 0.129. The molecule has 0 bridgehead atoms. The van der Waals surface area contributed by atoms with Gasteiger partial charge in [-0.3, -0.25) is 4.68 Å². The standard InChI is InChI=1S/C14H27N3O/c1-4-9-15-14(3,12-18)8-5-6-10-17-11-7-13(2)16-17/h7,11,15,18H,4-6,8-10,12H2,1-3H3. The molecule has 0 saturated heterocycles. The van der Waals surface area contributed by atoms with Gasteiger partial charge in [0.05, 0.1) is 12.3 Å². The lowest BCUT2D eigenvalue weighted by molar-refractivity contribution is 0.162. The monoisotopic (exact) mass is 253 g/mol. The second-order valence-electron chi connectivity index (χ2n) is 5.32. The quantitative estimate of drug-likeness (QED) is 0.663. The molecular weight excluding hydrogens is 226 g/mol. The van der Waals surface area contributed by atoms with Gasteiger partial charge in [-0.15, -0.1) is 0 Å². The minimum atomic E-state index is -0.129. The van der Waals surface area contributed by atoms with E-state index in [2.05, 4.69) is 24.3 Å². The van der Waals surface area contributed by atoms with Crippen LogP contribution in [0.3, 0.4) is 0 Å². The molecule has 1 aromatic heterocycles. The number of hydrogen-bond acceptors (Lipinski definition) is 3. The van der Waals surface area contributed by atoms with Crippen molar-refractivity contribution in [2.24, 2.45) is 0 Å². The Morgan fingerprint density at radius 1 is 1.44 bits per heavy atom. The Labute approximate surface area is 110 Å². The molecule has 4 heteroatoms. The van der Waals surface area contributed by atoms with Crippen molar-refractivity contribution in [2.75, 3.05) is 13.2 Å². The smallest absolute Gasteiger partial charge is 0.0610 e. The van der Waals surface area contributed by atoms with Crippen molar-refractivity contribution in [1.82, 2.24) is 15.1 Å². The summed E-state index contributed by atoms with van der Waals surface area (Å²) in [4.78, 5) is 0. The number of aromatic nitrogens is 2. The van der Waals surface area contributed by atoms with E-state index in [0.29, 0.717) is 0 Å². The van der Waals surface area contributed by atoms with Crippen LogP contribution in [0.25, 0.3) is 0 Å². The zero-order chi connectivity index (χ0) is 13.4. The Kier molecular flexibility index (Phi) is 6.36. The summed E-state index contributed by atoms with van der Waals surface area (Å²) in [6, 6.07) is 2.03. The van der Waals surface area contributed by atoms with Crippen LogP contribution in [0.15, 0.2) is 12.3 Å². The highest BCUT2D eigenvalue weighted by atomic mass is 16.3. The van der Waals surface area contributed by atoms with Crippen LogP contribution in [0.1, 0.15) is 45.2 Å². The summed E-state index contributed by atoms with van der Waals surface area (Å²) in [5, 5.41) is 17.2. The third-order valence-corrected chi connectivity index (χ3v) is 3.29. The third-order valence-electron chi connectivity index (χ3n) is 3.29. The fraction of sp³-hybridized carbons (Fsp3) is 0.786. The summed E-state index contributed by atoms with van der Waals surface area (Å²) in [6.07, 6.45) is 6.33. The third kappa shape index (κ3) is 5.19. The average Bonchev–Trinajstić information content (AvgIpc) is 2.78. The van der Waals surface area contributed by atoms with E-state index in [-0.39, 0.29) is 12.1 Å². The number of nitrogens with one attached hydrogen (secondary N) is 1. The zero-order valence-electron chi connectivity index (χ0n) is 11.9. The van der Waals surface area contributed by atoms with Crippen LogP contribution in [0.4, 0.5) is 0 Å². The molecule has 1 atom stereocenters. The minimum Gasteiger partial charge on any atom is -0.394 e. The van der Waals surface area contributed by atoms with Crippen LogP contribution in [0.5, 0.6) is 0 Å². The van der Waals surface area contributed by atoms with Crippen molar-refractivity contribution < 1.29 is 5.11 Å². The molecule has 0 spiro atoms. The van der Waals surface area contributed by atoms with Crippen molar-refractivity contribution in [3.05, 3.63) is 18.0 Å². The maximum Gasteiger partial charge on any atom is 0.0610 e. The predicted molar refractivity (Wildman–Crippen MR) is 74.6 cm³/mol. The number of aliphatic hydroxyl groups excluding tert-OH is 1. The molecule has 0 aliphatic heterocycles. The first kappa shape index (κ1) is 15.2. The van der Waals surface area contributed by atoms with Crippen LogP contribution in [0.2, 0.25) is 0 Å². The van der Waals surface area contributed by atoms with Crippen molar-refractivity contribution in [1.29, 1.82) is 0 Å². The fourth-order valence-corrected chi connectivity index (χ4v) is 2.03. The number of rotatable bonds is 9. The molecule has 1 unspecified atom stereocenters. The summed E-state index contributed by atoms with van der Waals surface area (Å²) >= 11 is 0. The lowest BCUT2D eigenvalue weighted by atomic mass is 9.95. The van der Waals surface area contributed by atoms with Gasteiger partial charge < -0.3 is 10.4 Å². The molecule has 0 amide bonds. The maximum absolute atomic E-state index is 9.45. The largest absolute Gasteiger partial charge is 0.394 e. The molecule has 1 aromatic rings. The summed E-state index contributed by atoms with van der Waals surface area (Å²) in [7, 11) is 0. The molecule has 1 heterocycles. The van der Waals surface area contributed by atoms with Gasteiger partial charge in [0.15, 0.2) is 0 Å². The van der Waals surface area contributed by atoms with E-state index >= 15 is 0 Å². The predicted octanol–water partition coefficient (Wildman–Crippen LogP) is 2.11. The molecule has 0 aromatic carbocycles. The molecule has 0 radical (unpaired) electrons. The van der Waals surface area contributed by atoms with E-state index in [1.165, 1.54) is 0 Å². The summed E-state index contributed by atoms with van der Waals surface area (Å²) in [5.74, 6) is 0. The molecule has 1 rings (SSSR count). The summed E-state index contributed by atoms with van der Waals surface area (Å²) < 4.78 is 1.99. The molecule has 0 aliphatic rings. The second-order valence-corrected chi connectivity index (χ2v) is 5.32. The fourth-order valence-electron chi connectivity index (χ4n) is 2.03. The van der Waals surface area contributed by atoms with Gasteiger partial charge >= 0.3 is 0 Å². The number of hydrogen-bond donors (Lipinski definition) is 2. The molecule has 2 N–H and O–H groups in total. The molecule has 0 aliphatic carbocycles. The van der Waals surface area contributed by atoms with Gasteiger partial charge in [0, 0.05) is 18.3 Å². The summed E-state index contributed by atoms with van der Waals surface area (Å²) in [5.41, 5.74) is 0.940. The van der Waals surface area contributed by atoms with E-state index in [4.69, 9.17) is 0 Å². The Morgan fingerprint density at radius 3 is 2.78 bits per heavy atom. The highest BCUT2D eigenvalue weighted by Crippen LogP contribution is 2.13. The molecule has 0 saturated carbocycles. The van der Waals surface area contributed by atoms with E-state index < -0.39 is 0 Å². The Balaban J connectivity index is 2.22. The topological polar surface area (TPSA) is 50.1 Å². The molecular formula is C14H27N3O. The van der Waals surface area contributed by atoms with Crippen LogP contribution in [-0.4, -0.2) is 33.6 Å². The first-order chi connectivity index (χ1) is 8.59. The normalized spacial score (nSPS) is 14.7. The highest BCUT2D eigenvalue weighted by Gasteiger charge is 2.21. The van der Waals surface area contributed by atoms with Crippen molar-refractivity contribution >= 4 is 0 Å². The lowest BCUT2D eigenvalue weighted by Crippen LogP contribution is -2.46. The number of aryl methyl sites for hydroxylation is 2. The molecule has 0 fully saturated rings. The second kappa shape index (κ2) is 7.54. The zero-order valence-corrected chi connectivity index (χ0v) is 11.9. The number of aliphatic hydroxyl groups is 1. The van der Waals surface area contributed by atoms with Gasteiger partial charge in [-0.25, -0.2) is 0 Å². The van der Waals surface area contributed by atoms with Gasteiger partial charge in [-0.1, -0.05) is 6.92 Å². The van der Waals surface area contributed by atoms with Crippen LogP contribution >= 0.6 is 0 Å². The van der Waals surface area contributed by atoms with E-state index in [9.17, 15) is 5.11 Å². The number of nitrogens with zero attached hydrogens (tertiary/aromatic N) is 2.